The Kier molecular flexibility index (Phi) is 2.46. The molecule has 1 aromatic carbocycles. The van der Waals surface area contributed by atoms with E-state index in [1.165, 1.54) is 0 Å². The van der Waals surface area contributed by atoms with Crippen molar-refractivity contribution < 1.29 is 5.11 Å². The summed E-state index contributed by atoms with van der Waals surface area (Å²) < 4.78 is 0. The minimum Gasteiger partial charge on any atom is -0.392 e. The predicted octanol–water partition coefficient (Wildman–Crippen LogP) is 1.38. The highest BCUT2D eigenvalue weighted by atomic mass is 35.5. The quantitative estimate of drug-likeness (QED) is 0.769. The maximum Gasteiger partial charge on any atom is 0.269 e. The number of aromatic amines is 1. The van der Waals surface area contributed by atoms with Crippen molar-refractivity contribution in [2.24, 2.45) is 0 Å². The van der Waals surface area contributed by atoms with Gasteiger partial charge in [-0.1, -0.05) is 17.7 Å². The van der Waals surface area contributed by atoms with Gasteiger partial charge in [0.2, 0.25) is 0 Å². The van der Waals surface area contributed by atoms with Crippen molar-refractivity contribution in [3.63, 3.8) is 0 Å². The number of rotatable bonds is 1. The van der Waals surface area contributed by atoms with E-state index in [0.29, 0.717) is 27.3 Å². The van der Waals surface area contributed by atoms with E-state index >= 15 is 0 Å². The third-order valence-electron chi connectivity index (χ3n) is 2.23. The highest BCUT2D eigenvalue weighted by Crippen LogP contribution is 2.23. The van der Waals surface area contributed by atoms with E-state index in [-0.39, 0.29) is 12.2 Å². The number of aromatic nitrogens is 2. The summed E-state index contributed by atoms with van der Waals surface area (Å²) in [5.74, 6) is 0. The number of benzene rings is 1. The molecule has 0 radical (unpaired) electrons. The smallest absolute Gasteiger partial charge is 0.269 e. The van der Waals surface area contributed by atoms with Crippen LogP contribution in [-0.2, 0) is 6.61 Å². The highest BCUT2D eigenvalue weighted by molar-refractivity contribution is 6.35. The normalized spacial score (nSPS) is 10.9. The number of fused-ring (bicyclic) bond motifs is 1. The van der Waals surface area contributed by atoms with Crippen LogP contribution < -0.4 is 5.56 Å². The van der Waals surface area contributed by atoms with Gasteiger partial charge in [-0.3, -0.25) is 4.79 Å². The lowest BCUT2D eigenvalue weighted by atomic mass is 10.2. The first kappa shape index (κ1) is 10.1. The summed E-state index contributed by atoms with van der Waals surface area (Å²) in [7, 11) is 0. The molecule has 0 saturated carbocycles. The molecule has 0 atom stereocenters. The van der Waals surface area contributed by atoms with Gasteiger partial charge in [0.25, 0.3) is 5.56 Å². The van der Waals surface area contributed by atoms with Gasteiger partial charge >= 0.3 is 0 Å². The van der Waals surface area contributed by atoms with Crippen molar-refractivity contribution in [3.8, 4) is 0 Å². The molecule has 5 heteroatoms. The van der Waals surface area contributed by atoms with Gasteiger partial charge in [-0.25, -0.2) is 4.98 Å². The second-order valence-electron chi connectivity index (χ2n) is 3.24. The molecule has 0 saturated heterocycles. The largest absolute Gasteiger partial charge is 0.392 e. The molecule has 2 rings (SSSR count). The summed E-state index contributed by atoms with van der Waals surface area (Å²) in [6.45, 7) is 1.47. The zero-order valence-electron chi connectivity index (χ0n) is 8.04. The molecule has 0 spiro atoms. The lowest BCUT2D eigenvalue weighted by molar-refractivity contribution is 0.282. The molecule has 2 aromatic rings. The van der Waals surface area contributed by atoms with Crippen LogP contribution in [0.15, 0.2) is 16.9 Å². The van der Waals surface area contributed by atoms with E-state index in [1.54, 1.807) is 19.1 Å². The number of halogens is 1. The molecule has 0 aliphatic carbocycles. The minimum absolute atomic E-state index is 0.162. The summed E-state index contributed by atoms with van der Waals surface area (Å²) in [4.78, 5) is 18.1. The second-order valence-corrected chi connectivity index (χ2v) is 3.62. The number of H-pyrrole nitrogens is 1. The number of aliphatic hydroxyl groups is 1. The number of aryl methyl sites for hydroxylation is 1. The van der Waals surface area contributed by atoms with E-state index in [4.69, 9.17) is 16.7 Å². The van der Waals surface area contributed by atoms with Crippen molar-refractivity contribution in [2.75, 3.05) is 0 Å². The predicted molar refractivity (Wildman–Crippen MR) is 58.0 cm³/mol. The SMILES string of the molecule is Cc1nc2ccc(CO)c(Cl)c2[nH]c1=O. The van der Waals surface area contributed by atoms with Gasteiger partial charge < -0.3 is 10.1 Å². The third-order valence-corrected chi connectivity index (χ3v) is 2.66. The Bertz CT molecular complexity index is 577. The van der Waals surface area contributed by atoms with Crippen LogP contribution in [0.3, 0.4) is 0 Å². The molecular weight excluding hydrogens is 216 g/mol. The Hall–Kier alpha value is -1.39. The van der Waals surface area contributed by atoms with Gasteiger partial charge in [0.15, 0.2) is 0 Å². The Morgan fingerprint density at radius 2 is 2.27 bits per heavy atom. The Morgan fingerprint density at radius 3 is 2.93 bits per heavy atom. The van der Waals surface area contributed by atoms with Crippen molar-refractivity contribution in [3.05, 3.63) is 38.8 Å². The van der Waals surface area contributed by atoms with E-state index < -0.39 is 0 Å². The fourth-order valence-corrected chi connectivity index (χ4v) is 1.65. The summed E-state index contributed by atoms with van der Waals surface area (Å²) in [6, 6.07) is 3.41. The van der Waals surface area contributed by atoms with E-state index in [9.17, 15) is 4.79 Å². The van der Waals surface area contributed by atoms with Crippen LogP contribution in [0.2, 0.25) is 5.02 Å². The van der Waals surface area contributed by atoms with Crippen LogP contribution >= 0.6 is 11.6 Å². The molecular formula is C10H9ClN2O2. The van der Waals surface area contributed by atoms with E-state index in [2.05, 4.69) is 9.97 Å². The standard InChI is InChI=1S/C10H9ClN2O2/c1-5-10(15)13-9-7(12-5)3-2-6(4-14)8(9)11/h2-3,14H,4H2,1H3,(H,13,15). The number of nitrogens with zero attached hydrogens (tertiary/aromatic N) is 1. The van der Waals surface area contributed by atoms with Crippen LogP contribution in [0.1, 0.15) is 11.3 Å². The van der Waals surface area contributed by atoms with E-state index in [0.717, 1.165) is 0 Å². The first-order valence-electron chi connectivity index (χ1n) is 4.42. The number of aliphatic hydroxyl groups excluding tert-OH is 1. The van der Waals surface area contributed by atoms with Gasteiger partial charge in [0.1, 0.15) is 5.69 Å². The van der Waals surface area contributed by atoms with Crippen molar-refractivity contribution in [2.45, 2.75) is 13.5 Å². The first-order valence-corrected chi connectivity index (χ1v) is 4.80. The first-order chi connectivity index (χ1) is 7.13. The molecule has 0 unspecified atom stereocenters. The molecule has 78 valence electrons. The zero-order chi connectivity index (χ0) is 11.0. The average molecular weight is 225 g/mol. The summed E-state index contributed by atoms with van der Waals surface area (Å²) in [5.41, 5.74) is 1.80. The molecule has 0 fully saturated rings. The molecule has 1 aromatic heterocycles. The molecule has 1 heterocycles. The molecule has 4 nitrogen and oxygen atoms in total. The Morgan fingerprint density at radius 1 is 1.53 bits per heavy atom. The minimum atomic E-state index is -0.264. The summed E-state index contributed by atoms with van der Waals surface area (Å²) in [6.07, 6.45) is 0. The molecule has 15 heavy (non-hydrogen) atoms. The van der Waals surface area contributed by atoms with Crippen LogP contribution in [0.4, 0.5) is 0 Å². The third kappa shape index (κ3) is 1.62. The maximum absolute atomic E-state index is 11.3. The molecule has 0 bridgehead atoms. The number of nitrogens with one attached hydrogen (secondary N) is 1. The Balaban J connectivity index is 2.87. The van der Waals surface area contributed by atoms with Gasteiger partial charge in [-0.15, -0.1) is 0 Å². The Labute approximate surface area is 90.5 Å². The van der Waals surface area contributed by atoms with Crippen molar-refractivity contribution >= 4 is 22.6 Å². The summed E-state index contributed by atoms with van der Waals surface area (Å²) in [5, 5.41) is 9.35. The van der Waals surface area contributed by atoms with Gasteiger partial charge in [0, 0.05) is 0 Å². The fraction of sp³-hybridized carbons (Fsp3) is 0.200. The van der Waals surface area contributed by atoms with Crippen molar-refractivity contribution in [1.29, 1.82) is 0 Å². The highest BCUT2D eigenvalue weighted by Gasteiger charge is 2.07. The van der Waals surface area contributed by atoms with Gasteiger partial charge in [0.05, 0.1) is 22.7 Å². The lowest BCUT2D eigenvalue weighted by Gasteiger charge is -2.04. The molecule has 0 amide bonds. The summed E-state index contributed by atoms with van der Waals surface area (Å²) >= 11 is 6.00. The monoisotopic (exact) mass is 224 g/mol. The molecule has 0 aliphatic heterocycles. The van der Waals surface area contributed by atoms with Crippen LogP contribution in [0, 0.1) is 6.92 Å². The maximum atomic E-state index is 11.3. The van der Waals surface area contributed by atoms with Crippen LogP contribution in [0.25, 0.3) is 11.0 Å². The topological polar surface area (TPSA) is 66.0 Å². The van der Waals surface area contributed by atoms with Crippen LogP contribution in [0.5, 0.6) is 0 Å². The fourth-order valence-electron chi connectivity index (χ4n) is 1.38. The van der Waals surface area contributed by atoms with E-state index in [1.807, 2.05) is 0 Å². The second kappa shape index (κ2) is 3.64. The van der Waals surface area contributed by atoms with Gasteiger partial charge in [-0.2, -0.15) is 0 Å². The number of hydrogen-bond acceptors (Lipinski definition) is 3. The van der Waals surface area contributed by atoms with Crippen LogP contribution in [-0.4, -0.2) is 15.1 Å². The average Bonchev–Trinajstić information content (AvgIpc) is 2.22. The lowest BCUT2D eigenvalue weighted by Crippen LogP contribution is -2.11. The van der Waals surface area contributed by atoms with Crippen molar-refractivity contribution in [1.82, 2.24) is 9.97 Å². The number of hydrogen-bond donors (Lipinski definition) is 2. The van der Waals surface area contributed by atoms with Gasteiger partial charge in [-0.05, 0) is 18.6 Å². The zero-order valence-corrected chi connectivity index (χ0v) is 8.80. The molecule has 0 aliphatic rings. The molecule has 2 N–H and O–H groups in total.